The predicted octanol–water partition coefficient (Wildman–Crippen LogP) is 3.28. The topological polar surface area (TPSA) is 42.2 Å². The van der Waals surface area contributed by atoms with Crippen LogP contribution in [0.3, 0.4) is 0 Å². The van der Waals surface area contributed by atoms with Gasteiger partial charge in [0.25, 0.3) is 0 Å². The summed E-state index contributed by atoms with van der Waals surface area (Å²) in [7, 11) is 1.60. The molecule has 1 aromatic rings. The van der Waals surface area contributed by atoms with Crippen molar-refractivity contribution in [3.8, 4) is 17.6 Å². The van der Waals surface area contributed by atoms with Gasteiger partial charge in [0.2, 0.25) is 0 Å². The number of hydrogen-bond donors (Lipinski definition) is 0. The Labute approximate surface area is 102 Å². The molecule has 0 saturated heterocycles. The molecule has 0 bridgehead atoms. The molecule has 1 aromatic carbocycles. The minimum Gasteiger partial charge on any atom is -0.493 e. The Hall–Kier alpha value is -1.69. The van der Waals surface area contributed by atoms with Gasteiger partial charge in [-0.25, -0.2) is 0 Å². The van der Waals surface area contributed by atoms with Crippen LogP contribution in [0.25, 0.3) is 0 Å². The molecule has 0 atom stereocenters. The van der Waals surface area contributed by atoms with Crippen LogP contribution in [0.15, 0.2) is 18.2 Å². The molecule has 1 aliphatic rings. The van der Waals surface area contributed by atoms with Crippen molar-refractivity contribution in [2.75, 3.05) is 7.11 Å². The molecule has 1 aliphatic carbocycles. The maximum atomic E-state index is 8.82. The second kappa shape index (κ2) is 5.58. The van der Waals surface area contributed by atoms with Crippen molar-refractivity contribution in [1.82, 2.24) is 0 Å². The molecule has 0 aromatic heterocycles. The third kappa shape index (κ3) is 2.91. The van der Waals surface area contributed by atoms with Crippen molar-refractivity contribution >= 4 is 0 Å². The summed E-state index contributed by atoms with van der Waals surface area (Å²) in [5, 5.41) is 8.82. The molecule has 0 unspecified atom stereocenters. The van der Waals surface area contributed by atoms with E-state index in [9.17, 15) is 0 Å². The fraction of sp³-hybridized carbons (Fsp3) is 0.500. The second-order valence-electron chi connectivity index (χ2n) is 4.36. The largest absolute Gasteiger partial charge is 0.493 e. The van der Waals surface area contributed by atoms with Crippen LogP contribution in [-0.4, -0.2) is 13.2 Å². The van der Waals surface area contributed by atoms with E-state index in [0.717, 1.165) is 18.6 Å². The van der Waals surface area contributed by atoms with Gasteiger partial charge in [-0.3, -0.25) is 0 Å². The fourth-order valence-corrected chi connectivity index (χ4v) is 2.20. The Morgan fingerprint density at radius 3 is 2.59 bits per heavy atom. The Morgan fingerprint density at radius 2 is 1.94 bits per heavy atom. The summed E-state index contributed by atoms with van der Waals surface area (Å²) in [5.41, 5.74) is 0.595. The van der Waals surface area contributed by atoms with Gasteiger partial charge in [0.15, 0.2) is 11.5 Å². The van der Waals surface area contributed by atoms with Crippen molar-refractivity contribution in [2.24, 2.45) is 0 Å². The van der Waals surface area contributed by atoms with Crippen LogP contribution in [0, 0.1) is 11.3 Å². The normalized spacial score (nSPS) is 16.2. The number of ether oxygens (including phenoxy) is 2. The lowest BCUT2D eigenvalue weighted by Gasteiger charge is -2.23. The van der Waals surface area contributed by atoms with E-state index in [4.69, 9.17) is 14.7 Å². The third-order valence-electron chi connectivity index (χ3n) is 3.14. The number of benzene rings is 1. The monoisotopic (exact) mass is 231 g/mol. The molecule has 1 saturated carbocycles. The Kier molecular flexibility index (Phi) is 3.87. The van der Waals surface area contributed by atoms with Gasteiger partial charge in [-0.2, -0.15) is 5.26 Å². The average molecular weight is 231 g/mol. The molecule has 3 heteroatoms. The van der Waals surface area contributed by atoms with Crippen LogP contribution in [0.1, 0.15) is 37.7 Å². The molecule has 0 N–H and O–H groups in total. The first-order chi connectivity index (χ1) is 8.33. The van der Waals surface area contributed by atoms with Crippen molar-refractivity contribution in [1.29, 1.82) is 5.26 Å². The Balaban J connectivity index is 2.11. The van der Waals surface area contributed by atoms with E-state index in [1.807, 2.05) is 6.07 Å². The van der Waals surface area contributed by atoms with Gasteiger partial charge in [-0.05, 0) is 37.8 Å². The van der Waals surface area contributed by atoms with Gasteiger partial charge in [-0.1, -0.05) is 6.42 Å². The van der Waals surface area contributed by atoms with Gasteiger partial charge in [0.1, 0.15) is 0 Å². The van der Waals surface area contributed by atoms with E-state index in [0.29, 0.717) is 17.4 Å². The lowest BCUT2D eigenvalue weighted by molar-refractivity contribution is 0.149. The summed E-state index contributed by atoms with van der Waals surface area (Å²) in [4.78, 5) is 0. The maximum Gasteiger partial charge on any atom is 0.162 e. The minimum absolute atomic E-state index is 0.297. The first-order valence-corrected chi connectivity index (χ1v) is 6.08. The summed E-state index contributed by atoms with van der Waals surface area (Å²) in [6, 6.07) is 7.41. The summed E-state index contributed by atoms with van der Waals surface area (Å²) in [5.74, 6) is 1.40. The standard InChI is InChI=1S/C14H17NO2/c1-16-14-9-11(10-15)7-8-13(14)17-12-5-3-2-4-6-12/h7-9,12H,2-6H2,1H3. The van der Waals surface area contributed by atoms with Crippen LogP contribution >= 0.6 is 0 Å². The highest BCUT2D eigenvalue weighted by atomic mass is 16.5. The van der Waals surface area contributed by atoms with E-state index in [-0.39, 0.29) is 0 Å². The van der Waals surface area contributed by atoms with E-state index in [1.54, 1.807) is 19.2 Å². The number of nitrogens with zero attached hydrogens (tertiary/aromatic N) is 1. The molecule has 0 heterocycles. The highest BCUT2D eigenvalue weighted by Crippen LogP contribution is 2.31. The molecular weight excluding hydrogens is 214 g/mol. The van der Waals surface area contributed by atoms with Crippen LogP contribution in [0.4, 0.5) is 0 Å². The summed E-state index contributed by atoms with van der Waals surface area (Å²) < 4.78 is 11.2. The Bertz CT molecular complexity index is 417. The van der Waals surface area contributed by atoms with E-state index >= 15 is 0 Å². The van der Waals surface area contributed by atoms with Gasteiger partial charge >= 0.3 is 0 Å². The van der Waals surface area contributed by atoms with Crippen molar-refractivity contribution in [2.45, 2.75) is 38.2 Å². The SMILES string of the molecule is COc1cc(C#N)ccc1OC1CCCCC1. The molecule has 1 fully saturated rings. The molecule has 0 aliphatic heterocycles. The van der Waals surface area contributed by atoms with Gasteiger partial charge in [0, 0.05) is 6.07 Å². The molecule has 0 amide bonds. The lowest BCUT2D eigenvalue weighted by atomic mass is 9.98. The summed E-state index contributed by atoms with van der Waals surface area (Å²) >= 11 is 0. The highest BCUT2D eigenvalue weighted by Gasteiger charge is 2.16. The van der Waals surface area contributed by atoms with Crippen molar-refractivity contribution < 1.29 is 9.47 Å². The number of methoxy groups -OCH3 is 1. The predicted molar refractivity (Wildman–Crippen MR) is 65.2 cm³/mol. The summed E-state index contributed by atoms with van der Waals surface area (Å²) in [6.07, 6.45) is 6.31. The van der Waals surface area contributed by atoms with E-state index in [2.05, 4.69) is 6.07 Å². The second-order valence-corrected chi connectivity index (χ2v) is 4.36. The molecule has 0 radical (unpaired) electrons. The van der Waals surface area contributed by atoms with Crippen molar-refractivity contribution in [3.05, 3.63) is 23.8 Å². The molecule has 17 heavy (non-hydrogen) atoms. The van der Waals surface area contributed by atoms with Gasteiger partial charge < -0.3 is 9.47 Å². The minimum atomic E-state index is 0.297. The molecule has 3 nitrogen and oxygen atoms in total. The van der Waals surface area contributed by atoms with E-state index in [1.165, 1.54) is 19.3 Å². The zero-order chi connectivity index (χ0) is 12.1. The lowest BCUT2D eigenvalue weighted by Crippen LogP contribution is -2.19. The molecule has 90 valence electrons. The summed E-state index contributed by atoms with van der Waals surface area (Å²) in [6.45, 7) is 0. The molecular formula is C14H17NO2. The number of nitriles is 1. The zero-order valence-corrected chi connectivity index (χ0v) is 10.1. The smallest absolute Gasteiger partial charge is 0.162 e. The quantitative estimate of drug-likeness (QED) is 0.801. The average Bonchev–Trinajstić information content (AvgIpc) is 2.40. The van der Waals surface area contributed by atoms with Crippen LogP contribution in [0.5, 0.6) is 11.5 Å². The van der Waals surface area contributed by atoms with Crippen LogP contribution in [-0.2, 0) is 0 Å². The number of hydrogen-bond acceptors (Lipinski definition) is 3. The van der Waals surface area contributed by atoms with Crippen LogP contribution < -0.4 is 9.47 Å². The van der Waals surface area contributed by atoms with Crippen LogP contribution in [0.2, 0.25) is 0 Å². The van der Waals surface area contributed by atoms with Crippen molar-refractivity contribution in [3.63, 3.8) is 0 Å². The molecule has 0 spiro atoms. The Morgan fingerprint density at radius 1 is 1.18 bits per heavy atom. The maximum absolute atomic E-state index is 8.82. The third-order valence-corrected chi connectivity index (χ3v) is 3.14. The zero-order valence-electron chi connectivity index (χ0n) is 10.1. The van der Waals surface area contributed by atoms with E-state index < -0.39 is 0 Å². The number of rotatable bonds is 3. The van der Waals surface area contributed by atoms with Gasteiger partial charge in [0.05, 0.1) is 24.8 Å². The highest BCUT2D eigenvalue weighted by molar-refractivity contribution is 5.46. The molecule has 2 rings (SSSR count). The first kappa shape index (κ1) is 11.8. The first-order valence-electron chi connectivity index (χ1n) is 6.08. The fourth-order valence-electron chi connectivity index (χ4n) is 2.20. The van der Waals surface area contributed by atoms with Gasteiger partial charge in [-0.15, -0.1) is 0 Å².